The lowest BCUT2D eigenvalue weighted by atomic mass is 10.0. The number of pyridine rings is 1. The van der Waals surface area contributed by atoms with Gasteiger partial charge in [0, 0.05) is 43.5 Å². The van der Waals surface area contributed by atoms with E-state index in [-0.39, 0.29) is 6.03 Å². The second-order valence-electron chi connectivity index (χ2n) is 6.72. The second-order valence-corrected chi connectivity index (χ2v) is 7.13. The van der Waals surface area contributed by atoms with Crippen molar-refractivity contribution < 1.29 is 4.79 Å². The molecule has 1 aliphatic rings. The van der Waals surface area contributed by atoms with Crippen molar-refractivity contribution in [3.63, 3.8) is 0 Å². The molecule has 27 heavy (non-hydrogen) atoms. The number of halogens is 1. The van der Waals surface area contributed by atoms with Gasteiger partial charge in [-0.05, 0) is 31.9 Å². The van der Waals surface area contributed by atoms with Crippen LogP contribution in [0.1, 0.15) is 25.8 Å². The van der Waals surface area contributed by atoms with Gasteiger partial charge in [0.05, 0.1) is 10.5 Å². The number of amides is 2. The van der Waals surface area contributed by atoms with Gasteiger partial charge in [-0.15, -0.1) is 0 Å². The van der Waals surface area contributed by atoms with Gasteiger partial charge in [-0.2, -0.15) is 0 Å². The molecule has 6 nitrogen and oxygen atoms in total. The van der Waals surface area contributed by atoms with Gasteiger partial charge in [-0.25, -0.2) is 14.8 Å². The Morgan fingerprint density at radius 3 is 2.85 bits per heavy atom. The van der Waals surface area contributed by atoms with E-state index in [0.29, 0.717) is 17.6 Å². The maximum atomic E-state index is 12.0. The third-order valence-electron chi connectivity index (χ3n) is 5.04. The van der Waals surface area contributed by atoms with E-state index in [2.05, 4.69) is 14.9 Å². The Hall–Kier alpha value is -2.60. The molecule has 1 aliphatic heterocycles. The van der Waals surface area contributed by atoms with E-state index in [0.717, 1.165) is 48.4 Å². The number of aromatic nitrogens is 3. The molecule has 2 aromatic heterocycles. The summed E-state index contributed by atoms with van der Waals surface area (Å²) in [6.45, 7) is 4.07. The molecule has 0 radical (unpaired) electrons. The number of nitrogens with zero attached hydrogens (tertiary/aromatic N) is 4. The lowest BCUT2D eigenvalue weighted by molar-refractivity contribution is 0.172. The summed E-state index contributed by atoms with van der Waals surface area (Å²) in [6.07, 6.45) is 5.61. The van der Waals surface area contributed by atoms with Crippen LogP contribution in [0.15, 0.2) is 42.7 Å². The average Bonchev–Trinajstić information content (AvgIpc) is 3.18. The van der Waals surface area contributed by atoms with Gasteiger partial charge in [-0.3, -0.25) is 0 Å². The molecule has 0 bridgehead atoms. The third kappa shape index (κ3) is 3.49. The number of para-hydroxylation sites is 1. The lowest BCUT2D eigenvalue weighted by Crippen LogP contribution is -2.44. The van der Waals surface area contributed by atoms with E-state index in [9.17, 15) is 4.79 Å². The molecule has 7 heteroatoms. The van der Waals surface area contributed by atoms with Gasteiger partial charge in [0.1, 0.15) is 5.69 Å². The standard InChI is InChI=1S/C20H22ClN5O/c1-2-22-20(27)25-11-8-15(9-12-25)26-13-10-23-19(26)17-7-6-14-4-3-5-16(21)18(14)24-17/h3-7,10,13,15H,2,8-9,11-12H2,1H3,(H,22,27). The first-order valence-electron chi connectivity index (χ1n) is 9.28. The van der Waals surface area contributed by atoms with Crippen LogP contribution in [0.3, 0.4) is 0 Å². The van der Waals surface area contributed by atoms with Gasteiger partial charge < -0.3 is 14.8 Å². The molecule has 1 fully saturated rings. The number of imidazole rings is 1. The number of urea groups is 1. The third-order valence-corrected chi connectivity index (χ3v) is 5.35. The molecule has 0 unspecified atom stereocenters. The van der Waals surface area contributed by atoms with Crippen LogP contribution in [0.2, 0.25) is 5.02 Å². The predicted molar refractivity (Wildman–Crippen MR) is 107 cm³/mol. The number of benzene rings is 1. The zero-order valence-electron chi connectivity index (χ0n) is 15.2. The topological polar surface area (TPSA) is 63.1 Å². The first-order valence-corrected chi connectivity index (χ1v) is 9.66. The quantitative estimate of drug-likeness (QED) is 0.740. The molecule has 1 saturated heterocycles. The summed E-state index contributed by atoms with van der Waals surface area (Å²) in [4.78, 5) is 23.2. The van der Waals surface area contributed by atoms with Crippen LogP contribution in [0.25, 0.3) is 22.4 Å². The molecule has 3 aromatic rings. The van der Waals surface area contributed by atoms with E-state index in [1.807, 2.05) is 54.5 Å². The lowest BCUT2D eigenvalue weighted by Gasteiger charge is -2.33. The minimum absolute atomic E-state index is 0.0210. The summed E-state index contributed by atoms with van der Waals surface area (Å²) < 4.78 is 2.18. The summed E-state index contributed by atoms with van der Waals surface area (Å²) in [5, 5.41) is 4.52. The second kappa shape index (κ2) is 7.56. The Balaban J connectivity index is 1.57. The molecule has 0 aliphatic carbocycles. The first-order chi connectivity index (χ1) is 13.2. The van der Waals surface area contributed by atoms with Gasteiger partial charge in [0.2, 0.25) is 0 Å². The molecule has 0 spiro atoms. The zero-order chi connectivity index (χ0) is 18.8. The molecule has 1 N–H and O–H groups in total. The highest BCUT2D eigenvalue weighted by Gasteiger charge is 2.25. The van der Waals surface area contributed by atoms with Crippen LogP contribution in [0.4, 0.5) is 4.79 Å². The number of carbonyl (C=O) groups excluding carboxylic acids is 1. The smallest absolute Gasteiger partial charge is 0.317 e. The molecule has 2 amide bonds. The van der Waals surface area contributed by atoms with Crippen LogP contribution in [-0.2, 0) is 0 Å². The molecular weight excluding hydrogens is 362 g/mol. The highest BCUT2D eigenvalue weighted by atomic mass is 35.5. The maximum absolute atomic E-state index is 12.0. The summed E-state index contributed by atoms with van der Waals surface area (Å²) in [7, 11) is 0. The number of hydrogen-bond acceptors (Lipinski definition) is 3. The number of piperidine rings is 1. The van der Waals surface area contributed by atoms with Gasteiger partial charge in [0.25, 0.3) is 0 Å². The van der Waals surface area contributed by atoms with Gasteiger partial charge in [0.15, 0.2) is 5.82 Å². The number of hydrogen-bond donors (Lipinski definition) is 1. The number of nitrogens with one attached hydrogen (secondary N) is 1. The van der Waals surface area contributed by atoms with Crippen molar-refractivity contribution in [2.24, 2.45) is 0 Å². The predicted octanol–water partition coefficient (Wildman–Crippen LogP) is 4.12. The van der Waals surface area contributed by atoms with E-state index in [4.69, 9.17) is 16.6 Å². The summed E-state index contributed by atoms with van der Waals surface area (Å²) in [6, 6.07) is 10.1. The fourth-order valence-electron chi connectivity index (χ4n) is 3.65. The minimum atomic E-state index is 0.0210. The Kier molecular flexibility index (Phi) is 4.99. The summed E-state index contributed by atoms with van der Waals surface area (Å²) in [5.74, 6) is 0.841. The van der Waals surface area contributed by atoms with Crippen LogP contribution in [0.5, 0.6) is 0 Å². The molecule has 140 valence electrons. The van der Waals surface area contributed by atoms with E-state index in [1.165, 1.54) is 0 Å². The van der Waals surface area contributed by atoms with Crippen LogP contribution < -0.4 is 5.32 Å². The SMILES string of the molecule is CCNC(=O)N1CCC(n2ccnc2-c2ccc3cccc(Cl)c3n2)CC1. The largest absolute Gasteiger partial charge is 0.338 e. The molecule has 1 aromatic carbocycles. The van der Waals surface area contributed by atoms with Crippen molar-refractivity contribution in [3.8, 4) is 11.5 Å². The van der Waals surface area contributed by atoms with Crippen molar-refractivity contribution in [1.29, 1.82) is 0 Å². The number of likely N-dealkylation sites (tertiary alicyclic amines) is 1. The van der Waals surface area contributed by atoms with E-state index in [1.54, 1.807) is 0 Å². The highest BCUT2D eigenvalue weighted by Crippen LogP contribution is 2.29. The monoisotopic (exact) mass is 383 g/mol. The van der Waals surface area contributed by atoms with E-state index < -0.39 is 0 Å². The van der Waals surface area contributed by atoms with Crippen LogP contribution >= 0.6 is 11.6 Å². The molecule has 0 atom stereocenters. The fourth-order valence-corrected chi connectivity index (χ4v) is 3.88. The molecule has 0 saturated carbocycles. The number of carbonyl (C=O) groups is 1. The number of fused-ring (bicyclic) bond motifs is 1. The summed E-state index contributed by atoms with van der Waals surface area (Å²) >= 11 is 6.32. The average molecular weight is 384 g/mol. The Morgan fingerprint density at radius 2 is 2.07 bits per heavy atom. The normalized spacial score (nSPS) is 15.3. The van der Waals surface area contributed by atoms with Crippen molar-refractivity contribution in [2.75, 3.05) is 19.6 Å². The Labute approximate surface area is 163 Å². The van der Waals surface area contributed by atoms with Crippen molar-refractivity contribution in [3.05, 3.63) is 47.7 Å². The Morgan fingerprint density at radius 1 is 1.26 bits per heavy atom. The molecular formula is C20H22ClN5O. The maximum Gasteiger partial charge on any atom is 0.317 e. The number of rotatable bonds is 3. The van der Waals surface area contributed by atoms with Crippen LogP contribution in [0, 0.1) is 0 Å². The molecule has 4 rings (SSSR count). The zero-order valence-corrected chi connectivity index (χ0v) is 16.0. The fraction of sp³-hybridized carbons (Fsp3) is 0.350. The summed E-state index contributed by atoms with van der Waals surface area (Å²) in [5.41, 5.74) is 1.60. The van der Waals surface area contributed by atoms with Crippen molar-refractivity contribution in [2.45, 2.75) is 25.8 Å². The van der Waals surface area contributed by atoms with Gasteiger partial charge in [-0.1, -0.05) is 29.8 Å². The van der Waals surface area contributed by atoms with Gasteiger partial charge >= 0.3 is 6.03 Å². The molecule has 3 heterocycles. The first kappa shape index (κ1) is 17.8. The van der Waals surface area contributed by atoms with E-state index >= 15 is 0 Å². The van der Waals surface area contributed by atoms with Crippen molar-refractivity contribution >= 4 is 28.5 Å². The minimum Gasteiger partial charge on any atom is -0.338 e. The highest BCUT2D eigenvalue weighted by molar-refractivity contribution is 6.35. The van der Waals surface area contributed by atoms with Crippen molar-refractivity contribution in [1.82, 2.24) is 24.8 Å². The van der Waals surface area contributed by atoms with Crippen LogP contribution in [-0.4, -0.2) is 45.1 Å². The Bertz CT molecular complexity index is 962.